The van der Waals surface area contributed by atoms with E-state index < -0.39 is 97.5 Å². The third-order valence-electron chi connectivity index (χ3n) is 16.2. The fraction of sp³-hybridized carbons (Fsp3) is 0.940. The zero-order chi connectivity index (χ0) is 63.6. The Morgan fingerprint density at radius 2 is 0.558 bits per heavy atom. The van der Waals surface area contributed by atoms with Crippen molar-refractivity contribution >= 4 is 39.5 Å². The molecule has 0 aliphatic heterocycles. The maximum atomic E-state index is 13.0. The number of esters is 4. The van der Waals surface area contributed by atoms with Gasteiger partial charge in [0.1, 0.15) is 19.3 Å². The molecule has 0 bridgehead atoms. The van der Waals surface area contributed by atoms with E-state index in [0.717, 1.165) is 102 Å². The number of phosphoric ester groups is 2. The van der Waals surface area contributed by atoms with Gasteiger partial charge < -0.3 is 33.8 Å². The molecule has 19 heteroatoms. The Hall–Kier alpha value is -1.94. The van der Waals surface area contributed by atoms with Crippen LogP contribution in [0.1, 0.15) is 337 Å². The lowest BCUT2D eigenvalue weighted by atomic mass is 9.99. The highest BCUT2D eigenvalue weighted by Gasteiger charge is 2.30. The van der Waals surface area contributed by atoms with Crippen LogP contribution in [0, 0.1) is 11.8 Å². The summed E-state index contributed by atoms with van der Waals surface area (Å²) in [7, 11) is -9.89. The first kappa shape index (κ1) is 84.1. The van der Waals surface area contributed by atoms with Crippen molar-refractivity contribution in [1.82, 2.24) is 0 Å². The van der Waals surface area contributed by atoms with Crippen molar-refractivity contribution in [3.63, 3.8) is 0 Å². The topological polar surface area (TPSA) is 237 Å². The maximum absolute atomic E-state index is 13.0. The SMILES string of the molecule is CCCCCCCCCCCCCCC(=O)O[C@H](COC(=O)CCCCCCCCCCCC)COP(=O)(O)OC[C@H](O)COP(=O)(O)OC[C@@H](COC(=O)CCCCCCCCCCC(C)CC)OC(=O)CCCCCCCCCCC(C)CC. The molecular formula is C67H130O17P2. The Morgan fingerprint density at radius 1 is 0.326 bits per heavy atom. The average Bonchev–Trinajstić information content (AvgIpc) is 3.49. The first-order chi connectivity index (χ1) is 41.4. The Morgan fingerprint density at radius 3 is 0.826 bits per heavy atom. The second kappa shape index (κ2) is 59.4. The molecule has 0 aliphatic carbocycles. The van der Waals surface area contributed by atoms with E-state index in [-0.39, 0.29) is 25.7 Å². The predicted molar refractivity (Wildman–Crippen MR) is 345 cm³/mol. The van der Waals surface area contributed by atoms with Crippen LogP contribution < -0.4 is 0 Å². The molecule has 7 atom stereocenters. The second-order valence-electron chi connectivity index (χ2n) is 24.7. The lowest BCUT2D eigenvalue weighted by Gasteiger charge is -2.21. The molecule has 17 nitrogen and oxygen atoms in total. The quantitative estimate of drug-likeness (QED) is 0.0222. The molecule has 0 heterocycles. The van der Waals surface area contributed by atoms with Crippen LogP contribution in [0.15, 0.2) is 0 Å². The molecule has 4 unspecified atom stereocenters. The minimum Gasteiger partial charge on any atom is -0.462 e. The fourth-order valence-corrected chi connectivity index (χ4v) is 11.6. The van der Waals surface area contributed by atoms with Crippen LogP contribution in [0.3, 0.4) is 0 Å². The molecule has 0 aromatic carbocycles. The summed E-state index contributed by atoms with van der Waals surface area (Å²) in [6, 6.07) is 0. The molecule has 0 radical (unpaired) electrons. The van der Waals surface area contributed by atoms with E-state index in [1.165, 1.54) is 154 Å². The zero-order valence-corrected chi connectivity index (χ0v) is 57.4. The van der Waals surface area contributed by atoms with E-state index in [0.29, 0.717) is 25.7 Å². The number of aliphatic hydroxyl groups excluding tert-OH is 1. The summed E-state index contributed by atoms with van der Waals surface area (Å²) in [6.45, 7) is 9.51. The van der Waals surface area contributed by atoms with Gasteiger partial charge in [-0.2, -0.15) is 0 Å². The van der Waals surface area contributed by atoms with Crippen LogP contribution in [-0.4, -0.2) is 96.7 Å². The van der Waals surface area contributed by atoms with Gasteiger partial charge in [-0.3, -0.25) is 37.3 Å². The van der Waals surface area contributed by atoms with Gasteiger partial charge in [-0.05, 0) is 37.5 Å². The highest BCUT2D eigenvalue weighted by Crippen LogP contribution is 2.45. The molecule has 0 fully saturated rings. The van der Waals surface area contributed by atoms with E-state index in [2.05, 4.69) is 41.5 Å². The number of ether oxygens (including phenoxy) is 4. The monoisotopic (exact) mass is 1270 g/mol. The standard InChI is InChI=1S/C67H130O17P2/c1-7-11-13-15-17-19-21-22-24-33-39-45-51-66(71)83-62(55-77-64(69)49-43-37-31-23-20-18-16-14-12-8-2)57-81-85(73,74)79-53-61(68)54-80-86(75,76)82-58-63(84-67(72)52-46-40-34-28-26-30-36-42-48-60(6)10-4)56-78-65(70)50-44-38-32-27-25-29-35-41-47-59(5)9-3/h59-63,68H,7-58H2,1-6H3,(H,73,74)(H,75,76)/t59?,60?,61-,62+,63+/m0/s1. The first-order valence-electron chi connectivity index (χ1n) is 35.1. The van der Waals surface area contributed by atoms with E-state index in [9.17, 15) is 43.2 Å². The van der Waals surface area contributed by atoms with Crippen molar-refractivity contribution in [1.29, 1.82) is 0 Å². The molecular weight excluding hydrogens is 1140 g/mol. The predicted octanol–water partition coefficient (Wildman–Crippen LogP) is 18.8. The Bertz CT molecular complexity index is 1690. The average molecular weight is 1270 g/mol. The molecule has 0 aromatic heterocycles. The van der Waals surface area contributed by atoms with Crippen LogP contribution in [-0.2, 0) is 65.4 Å². The number of hydrogen-bond acceptors (Lipinski definition) is 15. The van der Waals surface area contributed by atoms with E-state index in [1.807, 2.05) is 0 Å². The van der Waals surface area contributed by atoms with E-state index >= 15 is 0 Å². The number of aliphatic hydroxyl groups is 1. The number of rotatable bonds is 66. The van der Waals surface area contributed by atoms with Crippen LogP contribution >= 0.6 is 15.6 Å². The van der Waals surface area contributed by atoms with Crippen molar-refractivity contribution < 1.29 is 80.2 Å². The summed E-state index contributed by atoms with van der Waals surface area (Å²) >= 11 is 0. The van der Waals surface area contributed by atoms with Crippen LogP contribution in [0.2, 0.25) is 0 Å². The number of unbranched alkanes of at least 4 members (excludes halogenated alkanes) is 34. The number of carbonyl (C=O) groups excluding carboxylic acids is 4. The van der Waals surface area contributed by atoms with Crippen molar-refractivity contribution in [3.8, 4) is 0 Å². The summed E-state index contributed by atoms with van der Waals surface area (Å²) in [6.07, 6.45) is 42.8. The lowest BCUT2D eigenvalue weighted by Crippen LogP contribution is -2.30. The molecule has 0 spiro atoms. The molecule has 0 saturated heterocycles. The summed E-state index contributed by atoms with van der Waals surface area (Å²) in [5, 5.41) is 10.6. The van der Waals surface area contributed by atoms with Crippen LogP contribution in [0.25, 0.3) is 0 Å². The highest BCUT2D eigenvalue weighted by atomic mass is 31.2. The fourth-order valence-electron chi connectivity index (χ4n) is 10.00. The van der Waals surface area contributed by atoms with Gasteiger partial charge in [0.05, 0.1) is 26.4 Å². The smallest absolute Gasteiger partial charge is 0.462 e. The zero-order valence-electron chi connectivity index (χ0n) is 55.6. The number of hydrogen-bond donors (Lipinski definition) is 3. The first-order valence-corrected chi connectivity index (χ1v) is 38.1. The van der Waals surface area contributed by atoms with Gasteiger partial charge in [0.25, 0.3) is 0 Å². The minimum atomic E-state index is -4.95. The van der Waals surface area contributed by atoms with E-state index in [4.69, 9.17) is 37.0 Å². The Kier molecular flexibility index (Phi) is 58.0. The number of phosphoric acid groups is 2. The third-order valence-corrected chi connectivity index (χ3v) is 18.1. The van der Waals surface area contributed by atoms with Crippen molar-refractivity contribution in [2.24, 2.45) is 11.8 Å². The molecule has 0 aliphatic rings. The molecule has 0 amide bonds. The highest BCUT2D eigenvalue weighted by molar-refractivity contribution is 7.47. The lowest BCUT2D eigenvalue weighted by molar-refractivity contribution is -0.161. The van der Waals surface area contributed by atoms with Crippen molar-refractivity contribution in [2.45, 2.75) is 355 Å². The maximum Gasteiger partial charge on any atom is 0.472 e. The van der Waals surface area contributed by atoms with E-state index in [1.54, 1.807) is 0 Å². The summed E-state index contributed by atoms with van der Waals surface area (Å²) < 4.78 is 68.1. The second-order valence-corrected chi connectivity index (χ2v) is 27.6. The Balaban J connectivity index is 5.26. The summed E-state index contributed by atoms with van der Waals surface area (Å²) in [5.74, 6) is -0.582. The van der Waals surface area contributed by atoms with Crippen LogP contribution in [0.5, 0.6) is 0 Å². The van der Waals surface area contributed by atoms with Crippen molar-refractivity contribution in [2.75, 3.05) is 39.6 Å². The van der Waals surface area contributed by atoms with Gasteiger partial charge in [0.15, 0.2) is 12.2 Å². The van der Waals surface area contributed by atoms with Gasteiger partial charge in [0, 0.05) is 25.7 Å². The van der Waals surface area contributed by atoms with Gasteiger partial charge in [-0.15, -0.1) is 0 Å². The van der Waals surface area contributed by atoms with Gasteiger partial charge >= 0.3 is 39.5 Å². The molecule has 0 rings (SSSR count). The third kappa shape index (κ3) is 58.4. The van der Waals surface area contributed by atoms with Gasteiger partial charge in [-0.1, -0.05) is 286 Å². The van der Waals surface area contributed by atoms with Gasteiger partial charge in [-0.25, -0.2) is 9.13 Å². The number of carbonyl (C=O) groups is 4. The molecule has 0 saturated carbocycles. The van der Waals surface area contributed by atoms with Gasteiger partial charge in [0.2, 0.25) is 0 Å². The normalized spacial score (nSPS) is 14.8. The minimum absolute atomic E-state index is 0.105. The molecule has 510 valence electrons. The largest absolute Gasteiger partial charge is 0.472 e. The van der Waals surface area contributed by atoms with Crippen molar-refractivity contribution in [3.05, 3.63) is 0 Å². The van der Waals surface area contributed by atoms with Crippen LogP contribution in [0.4, 0.5) is 0 Å². The molecule has 3 N–H and O–H groups in total. The summed E-state index contributed by atoms with van der Waals surface area (Å²) in [5.41, 5.74) is 0. The molecule has 0 aromatic rings. The molecule has 86 heavy (non-hydrogen) atoms. The Labute approximate surface area is 524 Å². The summed E-state index contributed by atoms with van der Waals surface area (Å²) in [4.78, 5) is 72.4.